The van der Waals surface area contributed by atoms with Crippen LogP contribution in [0.4, 0.5) is 0 Å². The van der Waals surface area contributed by atoms with E-state index in [9.17, 15) is 9.59 Å². The largest absolute Gasteiger partial charge is 0.462 e. The number of ether oxygens (including phenoxy) is 2. The van der Waals surface area contributed by atoms with Crippen LogP contribution in [0, 0.1) is 35.0 Å². The molecule has 4 heteroatoms. The van der Waals surface area contributed by atoms with E-state index in [1.54, 1.807) is 11.1 Å². The van der Waals surface area contributed by atoms with Crippen molar-refractivity contribution in [3.63, 3.8) is 0 Å². The third-order valence-corrected chi connectivity index (χ3v) is 7.89. The molecule has 0 heterocycles. The lowest BCUT2D eigenvalue weighted by Crippen LogP contribution is -2.60. The van der Waals surface area contributed by atoms with E-state index in [0.29, 0.717) is 11.8 Å². The molecule has 0 bridgehead atoms. The molecule has 4 aliphatic rings. The molecule has 0 aromatic heterocycles. The van der Waals surface area contributed by atoms with Crippen LogP contribution in [0.15, 0.2) is 22.8 Å². The zero-order valence-electron chi connectivity index (χ0n) is 18.1. The summed E-state index contributed by atoms with van der Waals surface area (Å²) in [5.74, 6) is 1.11. The average Bonchev–Trinajstić information content (AvgIpc) is 2.59. The highest BCUT2D eigenvalue weighted by atomic mass is 16.6. The number of esters is 2. The van der Waals surface area contributed by atoms with Gasteiger partial charge in [-0.2, -0.15) is 0 Å². The van der Waals surface area contributed by atoms with Crippen molar-refractivity contribution in [2.24, 2.45) is 35.0 Å². The zero-order chi connectivity index (χ0) is 20.4. The second-order valence-electron chi connectivity index (χ2n) is 10.2. The van der Waals surface area contributed by atoms with Gasteiger partial charge in [-0.1, -0.05) is 50.5 Å². The topological polar surface area (TPSA) is 52.6 Å². The minimum Gasteiger partial charge on any atom is -0.462 e. The Morgan fingerprint density at radius 2 is 1.75 bits per heavy atom. The summed E-state index contributed by atoms with van der Waals surface area (Å²) in [4.78, 5) is 24.1. The highest BCUT2D eigenvalue weighted by molar-refractivity contribution is 5.67. The van der Waals surface area contributed by atoms with Gasteiger partial charge in [0.2, 0.25) is 0 Å². The third-order valence-electron chi connectivity index (χ3n) is 7.89. The van der Waals surface area contributed by atoms with Gasteiger partial charge in [-0.15, -0.1) is 0 Å². The van der Waals surface area contributed by atoms with E-state index in [2.05, 4.69) is 33.8 Å². The molecule has 0 amide bonds. The Labute approximate surface area is 168 Å². The summed E-state index contributed by atoms with van der Waals surface area (Å²) in [6.07, 6.45) is 6.34. The van der Waals surface area contributed by atoms with Gasteiger partial charge in [-0.3, -0.25) is 9.59 Å². The van der Waals surface area contributed by atoms with Crippen molar-refractivity contribution in [2.45, 2.75) is 79.4 Å². The summed E-state index contributed by atoms with van der Waals surface area (Å²) in [6.45, 7) is 12.0. The van der Waals surface area contributed by atoms with Crippen LogP contribution in [0.2, 0.25) is 0 Å². The second-order valence-corrected chi connectivity index (χ2v) is 10.2. The van der Waals surface area contributed by atoms with Crippen molar-refractivity contribution in [1.82, 2.24) is 0 Å². The Morgan fingerprint density at radius 1 is 1.07 bits per heavy atom. The fraction of sp³-hybridized carbons (Fsp3) is 0.750. The molecule has 0 N–H and O–H groups in total. The molecule has 0 spiro atoms. The Hall–Kier alpha value is -1.58. The highest BCUT2D eigenvalue weighted by Gasteiger charge is 2.60. The van der Waals surface area contributed by atoms with Gasteiger partial charge in [0.1, 0.15) is 12.2 Å². The molecule has 0 aromatic rings. The van der Waals surface area contributed by atoms with Gasteiger partial charge >= 0.3 is 11.9 Å². The SMILES string of the molecule is CC(=O)O[C@@H]1C2[C@H]3C(=CCC4=C3[C@@H](CC[C@H]4C)[C@H](C)[C@H]2OC(C)=O)CC1(C)C. The Morgan fingerprint density at radius 3 is 2.39 bits per heavy atom. The van der Waals surface area contributed by atoms with Crippen molar-refractivity contribution in [2.75, 3.05) is 0 Å². The fourth-order valence-corrected chi connectivity index (χ4v) is 6.84. The van der Waals surface area contributed by atoms with E-state index in [1.807, 2.05) is 0 Å². The van der Waals surface area contributed by atoms with Crippen LogP contribution in [0.3, 0.4) is 0 Å². The lowest BCUT2D eigenvalue weighted by molar-refractivity contribution is -0.185. The smallest absolute Gasteiger partial charge is 0.302 e. The average molecular weight is 387 g/mol. The maximum absolute atomic E-state index is 12.0. The van der Waals surface area contributed by atoms with E-state index in [4.69, 9.17) is 9.47 Å². The number of hydrogen-bond acceptors (Lipinski definition) is 4. The molecule has 2 saturated carbocycles. The first-order valence-corrected chi connectivity index (χ1v) is 10.9. The molecule has 4 rings (SSSR count). The van der Waals surface area contributed by atoms with Gasteiger partial charge in [-0.05, 0) is 37.5 Å². The van der Waals surface area contributed by atoms with Crippen LogP contribution < -0.4 is 0 Å². The molecule has 28 heavy (non-hydrogen) atoms. The number of allylic oxidation sites excluding steroid dienone is 4. The Balaban J connectivity index is 1.88. The number of hydrogen-bond donors (Lipinski definition) is 0. The minimum atomic E-state index is -0.246. The van der Waals surface area contributed by atoms with Crippen molar-refractivity contribution >= 4 is 11.9 Å². The molecule has 0 radical (unpaired) electrons. The predicted octanol–water partition coefficient (Wildman–Crippen LogP) is 4.83. The second kappa shape index (κ2) is 6.74. The van der Waals surface area contributed by atoms with Gasteiger partial charge in [-0.25, -0.2) is 0 Å². The lowest BCUT2D eigenvalue weighted by atomic mass is 9.48. The number of rotatable bonds is 2. The molecular weight excluding hydrogens is 352 g/mol. The Kier molecular flexibility index (Phi) is 4.75. The molecule has 4 nitrogen and oxygen atoms in total. The zero-order valence-corrected chi connectivity index (χ0v) is 18.1. The van der Waals surface area contributed by atoms with Crippen LogP contribution in [-0.2, 0) is 19.1 Å². The molecule has 0 saturated heterocycles. The third kappa shape index (κ3) is 2.95. The fourth-order valence-electron chi connectivity index (χ4n) is 6.84. The van der Waals surface area contributed by atoms with Gasteiger partial charge < -0.3 is 9.47 Å². The van der Waals surface area contributed by atoms with Crippen LogP contribution in [0.25, 0.3) is 0 Å². The van der Waals surface area contributed by atoms with E-state index in [0.717, 1.165) is 19.3 Å². The molecule has 4 aliphatic carbocycles. The number of carbonyl (C=O) groups excluding carboxylic acids is 2. The van der Waals surface area contributed by atoms with Gasteiger partial charge in [0.15, 0.2) is 0 Å². The summed E-state index contributed by atoms with van der Waals surface area (Å²) in [7, 11) is 0. The van der Waals surface area contributed by atoms with E-state index < -0.39 is 0 Å². The normalized spacial score (nSPS) is 40.9. The summed E-state index contributed by atoms with van der Waals surface area (Å²) >= 11 is 0. The van der Waals surface area contributed by atoms with Gasteiger partial charge in [0, 0.05) is 37.0 Å². The van der Waals surface area contributed by atoms with Crippen molar-refractivity contribution < 1.29 is 19.1 Å². The molecule has 7 atom stereocenters. The summed E-state index contributed by atoms with van der Waals surface area (Å²) in [6, 6.07) is 0. The standard InChI is InChI=1S/C24H34O4/c1-12-7-9-18-13(2)22(27-14(3)25)21-19-16(8-10-17(12)20(18)19)11-24(5,6)23(21)28-15(4)26/h8,12-13,18-19,21-23H,7,9-11H2,1-6H3/t12-,13+,18+,19+,21?,22-,23-/m1/s1. The van der Waals surface area contributed by atoms with Crippen molar-refractivity contribution in [3.05, 3.63) is 22.8 Å². The lowest BCUT2D eigenvalue weighted by Gasteiger charge is -2.59. The quantitative estimate of drug-likeness (QED) is 0.504. The molecule has 2 fully saturated rings. The molecule has 0 aromatic carbocycles. The summed E-state index contributed by atoms with van der Waals surface area (Å²) in [5.41, 5.74) is 4.50. The van der Waals surface area contributed by atoms with Crippen LogP contribution in [-0.4, -0.2) is 24.1 Å². The summed E-state index contributed by atoms with van der Waals surface area (Å²) in [5, 5.41) is 0. The molecular formula is C24H34O4. The predicted molar refractivity (Wildman–Crippen MR) is 107 cm³/mol. The molecule has 154 valence electrons. The van der Waals surface area contributed by atoms with Gasteiger partial charge in [0.05, 0.1) is 0 Å². The highest BCUT2D eigenvalue weighted by Crippen LogP contribution is 2.62. The monoisotopic (exact) mass is 386 g/mol. The van der Waals surface area contributed by atoms with Crippen LogP contribution in [0.5, 0.6) is 0 Å². The van der Waals surface area contributed by atoms with E-state index in [1.165, 1.54) is 25.8 Å². The number of carbonyl (C=O) groups is 2. The van der Waals surface area contributed by atoms with Gasteiger partial charge in [0.25, 0.3) is 0 Å². The van der Waals surface area contributed by atoms with E-state index >= 15 is 0 Å². The first-order chi connectivity index (χ1) is 13.1. The van der Waals surface area contributed by atoms with Crippen molar-refractivity contribution in [1.29, 1.82) is 0 Å². The minimum absolute atomic E-state index is 0.00431. The van der Waals surface area contributed by atoms with Crippen LogP contribution >= 0.6 is 0 Å². The molecule has 0 aliphatic heterocycles. The summed E-state index contributed by atoms with van der Waals surface area (Å²) < 4.78 is 12.0. The van der Waals surface area contributed by atoms with Crippen LogP contribution in [0.1, 0.15) is 67.2 Å². The maximum atomic E-state index is 12.0. The Bertz CT molecular complexity index is 759. The first-order valence-electron chi connectivity index (χ1n) is 10.9. The first kappa shape index (κ1) is 19.7. The maximum Gasteiger partial charge on any atom is 0.302 e. The molecule has 1 unspecified atom stereocenters. The van der Waals surface area contributed by atoms with Crippen molar-refractivity contribution in [3.8, 4) is 0 Å². The van der Waals surface area contributed by atoms with E-state index in [-0.39, 0.29) is 47.3 Å².